The van der Waals surface area contributed by atoms with Gasteiger partial charge in [0.2, 0.25) is 0 Å². The average molecular weight is 315 g/mol. The van der Waals surface area contributed by atoms with Crippen molar-refractivity contribution >= 4 is 27.9 Å². The summed E-state index contributed by atoms with van der Waals surface area (Å²) in [5.74, 6) is -1.71. The van der Waals surface area contributed by atoms with E-state index in [9.17, 15) is 9.59 Å². The largest absolute Gasteiger partial charge is 0.469 e. The molecule has 0 unspecified atom stereocenters. The molecule has 0 aliphatic carbocycles. The highest BCUT2D eigenvalue weighted by Gasteiger charge is 2.34. The minimum Gasteiger partial charge on any atom is -0.469 e. The van der Waals surface area contributed by atoms with Crippen LogP contribution >= 0.6 is 15.9 Å². The fraction of sp³-hybridized carbons (Fsp3) is 0.385. The number of carbonyl (C=O) groups is 2. The molecule has 5 heteroatoms. The Labute approximate surface area is 114 Å². The molecule has 0 heterocycles. The van der Waals surface area contributed by atoms with Gasteiger partial charge in [0, 0.05) is 0 Å². The van der Waals surface area contributed by atoms with E-state index in [0.717, 1.165) is 5.56 Å². The highest BCUT2D eigenvalue weighted by atomic mass is 79.9. The van der Waals surface area contributed by atoms with Gasteiger partial charge in [0.1, 0.15) is 10.7 Å². The monoisotopic (exact) mass is 314 g/mol. The average Bonchev–Trinajstić information content (AvgIpc) is 2.39. The van der Waals surface area contributed by atoms with Crippen molar-refractivity contribution in [2.24, 2.45) is 0 Å². The highest BCUT2D eigenvalue weighted by molar-refractivity contribution is 9.10. The van der Waals surface area contributed by atoms with Crippen LogP contribution in [0.2, 0.25) is 0 Å². The Morgan fingerprint density at radius 1 is 1.06 bits per heavy atom. The molecule has 0 saturated heterocycles. The first-order valence-corrected chi connectivity index (χ1v) is 6.29. The number of hydrogen-bond donors (Lipinski definition) is 0. The molecule has 0 bridgehead atoms. The summed E-state index contributed by atoms with van der Waals surface area (Å²) in [6.07, 6.45) is 0. The van der Waals surface area contributed by atoms with E-state index in [1.54, 1.807) is 12.1 Å². The lowest BCUT2D eigenvalue weighted by Crippen LogP contribution is -2.30. The van der Waals surface area contributed by atoms with Gasteiger partial charge in [-0.1, -0.05) is 45.8 Å². The molecule has 18 heavy (non-hydrogen) atoms. The van der Waals surface area contributed by atoms with Crippen LogP contribution in [0.25, 0.3) is 0 Å². The number of aryl methyl sites for hydroxylation is 1. The zero-order valence-electron chi connectivity index (χ0n) is 10.5. The Morgan fingerprint density at radius 3 is 2.00 bits per heavy atom. The van der Waals surface area contributed by atoms with Crippen molar-refractivity contribution in [2.75, 3.05) is 14.2 Å². The van der Waals surface area contributed by atoms with Crippen LogP contribution in [0.4, 0.5) is 0 Å². The second-order valence-electron chi connectivity index (χ2n) is 3.84. The molecule has 1 aromatic rings. The highest BCUT2D eigenvalue weighted by Crippen LogP contribution is 2.27. The molecular weight excluding hydrogens is 300 g/mol. The summed E-state index contributed by atoms with van der Waals surface area (Å²) in [5.41, 5.74) is 1.78. The smallest absolute Gasteiger partial charge is 0.320 e. The lowest BCUT2D eigenvalue weighted by molar-refractivity contribution is -0.148. The summed E-state index contributed by atoms with van der Waals surface area (Å²) in [6, 6.07) is 7.35. The van der Waals surface area contributed by atoms with Crippen molar-refractivity contribution < 1.29 is 19.1 Å². The van der Waals surface area contributed by atoms with E-state index in [4.69, 9.17) is 4.74 Å². The Kier molecular flexibility index (Phi) is 5.34. The first-order chi connectivity index (χ1) is 8.51. The molecule has 0 aromatic heterocycles. The number of alkyl halides is 1. The Morgan fingerprint density at radius 2 is 1.56 bits per heavy atom. The third kappa shape index (κ3) is 3.32. The van der Waals surface area contributed by atoms with E-state index in [2.05, 4.69) is 20.7 Å². The quantitative estimate of drug-likeness (QED) is 0.631. The number of hydrogen-bond acceptors (Lipinski definition) is 4. The summed E-state index contributed by atoms with van der Waals surface area (Å²) < 4.78 is 9.38. The van der Waals surface area contributed by atoms with Crippen LogP contribution < -0.4 is 0 Å². The minimum absolute atomic E-state index is 0.480. The van der Waals surface area contributed by atoms with Crippen LogP contribution in [0.5, 0.6) is 0 Å². The molecule has 1 aromatic carbocycles. The van der Waals surface area contributed by atoms with E-state index in [1.165, 1.54) is 14.2 Å². The summed E-state index contributed by atoms with van der Waals surface area (Å²) in [6.45, 7) is 1.95. The minimum atomic E-state index is -0.766. The maximum absolute atomic E-state index is 11.8. The van der Waals surface area contributed by atoms with Crippen molar-refractivity contribution in [3.63, 3.8) is 0 Å². The van der Waals surface area contributed by atoms with Gasteiger partial charge in [0.05, 0.1) is 14.2 Å². The molecule has 0 saturated carbocycles. The molecule has 0 radical (unpaired) electrons. The lowest BCUT2D eigenvalue weighted by atomic mass is 9.95. The number of benzene rings is 1. The third-order valence-corrected chi connectivity index (χ3v) is 3.51. The van der Waals surface area contributed by atoms with Crippen molar-refractivity contribution in [3.8, 4) is 0 Å². The van der Waals surface area contributed by atoms with Gasteiger partial charge in [-0.2, -0.15) is 0 Å². The molecule has 0 N–H and O–H groups in total. The van der Waals surface area contributed by atoms with Gasteiger partial charge < -0.3 is 9.47 Å². The molecule has 1 rings (SSSR count). The number of carbonyl (C=O) groups excluding carboxylic acids is 2. The van der Waals surface area contributed by atoms with Gasteiger partial charge in [0.25, 0.3) is 0 Å². The van der Waals surface area contributed by atoms with E-state index >= 15 is 0 Å². The Bertz CT molecular complexity index is 427. The molecular formula is C13H15BrO4. The van der Waals surface area contributed by atoms with E-state index in [1.807, 2.05) is 19.1 Å². The molecule has 2 atom stereocenters. The fourth-order valence-electron chi connectivity index (χ4n) is 1.57. The zero-order valence-corrected chi connectivity index (χ0v) is 12.1. The molecule has 0 spiro atoms. The first-order valence-electron chi connectivity index (χ1n) is 5.37. The second kappa shape index (κ2) is 6.54. The summed E-state index contributed by atoms with van der Waals surface area (Å²) >= 11 is 3.19. The number of esters is 2. The van der Waals surface area contributed by atoms with Gasteiger partial charge >= 0.3 is 11.9 Å². The van der Waals surface area contributed by atoms with Crippen LogP contribution in [0, 0.1) is 6.92 Å². The molecule has 0 fully saturated rings. The molecule has 98 valence electrons. The van der Waals surface area contributed by atoms with E-state index in [0.29, 0.717) is 5.56 Å². The summed E-state index contributed by atoms with van der Waals surface area (Å²) in [7, 11) is 2.57. The zero-order chi connectivity index (χ0) is 13.7. The summed E-state index contributed by atoms with van der Waals surface area (Å²) in [4.78, 5) is 22.6. The predicted octanol–water partition coefficient (Wildman–Crippen LogP) is 2.19. The van der Waals surface area contributed by atoms with E-state index < -0.39 is 22.7 Å². The molecule has 4 nitrogen and oxygen atoms in total. The number of methoxy groups -OCH3 is 2. The van der Waals surface area contributed by atoms with Crippen LogP contribution in [0.3, 0.4) is 0 Å². The van der Waals surface area contributed by atoms with Gasteiger partial charge in [-0.25, -0.2) is 0 Å². The van der Waals surface area contributed by atoms with Crippen LogP contribution in [0.1, 0.15) is 17.0 Å². The third-order valence-electron chi connectivity index (χ3n) is 2.61. The van der Waals surface area contributed by atoms with Crippen molar-refractivity contribution in [3.05, 3.63) is 35.4 Å². The van der Waals surface area contributed by atoms with Gasteiger partial charge in [-0.15, -0.1) is 0 Å². The van der Waals surface area contributed by atoms with Crippen LogP contribution in [0.15, 0.2) is 24.3 Å². The van der Waals surface area contributed by atoms with Crippen molar-refractivity contribution in [1.29, 1.82) is 0 Å². The van der Waals surface area contributed by atoms with Gasteiger partial charge in [0.15, 0.2) is 0 Å². The number of halogens is 1. The summed E-state index contributed by atoms with van der Waals surface area (Å²) in [5, 5.41) is 0. The number of rotatable bonds is 4. The van der Waals surface area contributed by atoms with Crippen molar-refractivity contribution in [2.45, 2.75) is 17.7 Å². The molecule has 0 aliphatic rings. The molecule has 0 aliphatic heterocycles. The Hall–Kier alpha value is -1.36. The number of ether oxygens (including phenoxy) is 2. The van der Waals surface area contributed by atoms with Crippen molar-refractivity contribution in [1.82, 2.24) is 0 Å². The molecule has 0 amide bonds. The fourth-order valence-corrected chi connectivity index (χ4v) is 2.28. The predicted molar refractivity (Wildman–Crippen MR) is 70.7 cm³/mol. The normalized spacial score (nSPS) is 13.6. The van der Waals surface area contributed by atoms with Crippen LogP contribution in [-0.2, 0) is 19.1 Å². The SMILES string of the molecule is COC(=O)[C@@H](Br)[C@@H](C(=O)OC)c1ccc(C)cc1. The Balaban J connectivity index is 3.09. The standard InChI is InChI=1S/C13H15BrO4/c1-8-4-6-9(7-5-8)10(12(15)17-2)11(14)13(16)18-3/h4-7,10-11H,1-3H3/t10-,11-/m0/s1. The topological polar surface area (TPSA) is 52.6 Å². The first kappa shape index (κ1) is 14.7. The van der Waals surface area contributed by atoms with Gasteiger partial charge in [-0.05, 0) is 12.5 Å². The maximum Gasteiger partial charge on any atom is 0.320 e. The maximum atomic E-state index is 11.8. The lowest BCUT2D eigenvalue weighted by Gasteiger charge is -2.19. The van der Waals surface area contributed by atoms with Crippen LogP contribution in [-0.4, -0.2) is 31.0 Å². The van der Waals surface area contributed by atoms with Gasteiger partial charge in [-0.3, -0.25) is 9.59 Å². The second-order valence-corrected chi connectivity index (χ2v) is 4.82. The van der Waals surface area contributed by atoms with E-state index in [-0.39, 0.29) is 0 Å².